The second-order valence-electron chi connectivity index (χ2n) is 5.38. The summed E-state index contributed by atoms with van der Waals surface area (Å²) in [6, 6.07) is 0.479. The van der Waals surface area contributed by atoms with E-state index in [2.05, 4.69) is 10.2 Å². The number of nitrogens with one attached hydrogen (secondary N) is 1. The number of hydrogen-bond donors (Lipinski definition) is 2. The highest BCUT2D eigenvalue weighted by atomic mass is 16.3. The van der Waals surface area contributed by atoms with Gasteiger partial charge in [-0.15, -0.1) is 0 Å². The summed E-state index contributed by atoms with van der Waals surface area (Å²) in [4.78, 5) is 14.2. The van der Waals surface area contributed by atoms with Gasteiger partial charge in [-0.1, -0.05) is 12.8 Å². The predicted molar refractivity (Wildman–Crippen MR) is 66.7 cm³/mol. The Balaban J connectivity index is 1.93. The van der Waals surface area contributed by atoms with E-state index in [-0.39, 0.29) is 24.6 Å². The van der Waals surface area contributed by atoms with E-state index in [1.807, 2.05) is 6.92 Å². The van der Waals surface area contributed by atoms with Crippen LogP contribution in [0.15, 0.2) is 0 Å². The van der Waals surface area contributed by atoms with Crippen LogP contribution in [0.3, 0.4) is 0 Å². The van der Waals surface area contributed by atoms with Gasteiger partial charge in [0.2, 0.25) is 5.91 Å². The highest BCUT2D eigenvalue weighted by Crippen LogP contribution is 2.21. The summed E-state index contributed by atoms with van der Waals surface area (Å²) < 4.78 is 0. The first-order valence-corrected chi connectivity index (χ1v) is 6.89. The molecule has 2 atom stereocenters. The van der Waals surface area contributed by atoms with Crippen molar-refractivity contribution in [2.75, 3.05) is 13.2 Å². The average molecular weight is 240 g/mol. The van der Waals surface area contributed by atoms with Gasteiger partial charge < -0.3 is 10.4 Å². The third-order valence-corrected chi connectivity index (χ3v) is 3.93. The number of amides is 1. The van der Waals surface area contributed by atoms with Gasteiger partial charge in [0.25, 0.3) is 0 Å². The summed E-state index contributed by atoms with van der Waals surface area (Å²) >= 11 is 0. The van der Waals surface area contributed by atoms with Crippen molar-refractivity contribution in [3.8, 4) is 0 Å². The van der Waals surface area contributed by atoms with Crippen LogP contribution in [-0.2, 0) is 4.79 Å². The molecule has 2 aliphatic rings. The summed E-state index contributed by atoms with van der Waals surface area (Å²) in [6.45, 7) is 3.07. The van der Waals surface area contributed by atoms with Crippen LogP contribution in [0.25, 0.3) is 0 Å². The van der Waals surface area contributed by atoms with E-state index in [0.29, 0.717) is 6.04 Å². The number of aliphatic hydroxyl groups excluding tert-OH is 1. The minimum absolute atomic E-state index is 0.106. The lowest BCUT2D eigenvalue weighted by molar-refractivity contribution is -0.127. The van der Waals surface area contributed by atoms with Crippen LogP contribution in [0.5, 0.6) is 0 Å². The van der Waals surface area contributed by atoms with Crippen LogP contribution in [0.1, 0.15) is 45.4 Å². The molecule has 1 heterocycles. The smallest absolute Gasteiger partial charge is 0.237 e. The lowest BCUT2D eigenvalue weighted by Crippen LogP contribution is -2.51. The number of aliphatic hydroxyl groups is 1. The Morgan fingerprint density at radius 3 is 2.76 bits per heavy atom. The van der Waals surface area contributed by atoms with Crippen LogP contribution in [0.2, 0.25) is 0 Å². The maximum Gasteiger partial charge on any atom is 0.237 e. The maximum atomic E-state index is 12.0. The Hall–Kier alpha value is -0.610. The van der Waals surface area contributed by atoms with Crippen molar-refractivity contribution >= 4 is 5.91 Å². The zero-order valence-corrected chi connectivity index (χ0v) is 10.7. The molecule has 1 saturated heterocycles. The van der Waals surface area contributed by atoms with E-state index >= 15 is 0 Å². The van der Waals surface area contributed by atoms with Gasteiger partial charge in [0.05, 0.1) is 12.6 Å². The minimum atomic E-state index is -0.106. The Morgan fingerprint density at radius 1 is 1.35 bits per heavy atom. The van der Waals surface area contributed by atoms with Crippen LogP contribution in [0, 0.1) is 0 Å². The molecule has 4 heteroatoms. The maximum absolute atomic E-state index is 12.0. The fourth-order valence-corrected chi connectivity index (χ4v) is 2.61. The molecule has 0 spiro atoms. The molecule has 1 saturated carbocycles. The van der Waals surface area contributed by atoms with E-state index in [4.69, 9.17) is 0 Å². The molecule has 0 aromatic rings. The number of rotatable bonds is 4. The molecule has 4 nitrogen and oxygen atoms in total. The Labute approximate surface area is 103 Å². The van der Waals surface area contributed by atoms with Gasteiger partial charge in [-0.05, 0) is 39.2 Å². The second-order valence-corrected chi connectivity index (χ2v) is 5.38. The van der Waals surface area contributed by atoms with Gasteiger partial charge in [0.15, 0.2) is 0 Å². The zero-order valence-electron chi connectivity index (χ0n) is 10.7. The molecule has 1 aliphatic carbocycles. The minimum Gasteiger partial charge on any atom is -0.395 e. The molecule has 2 fully saturated rings. The van der Waals surface area contributed by atoms with Crippen molar-refractivity contribution in [2.45, 2.75) is 63.6 Å². The summed E-state index contributed by atoms with van der Waals surface area (Å²) in [7, 11) is 0. The average Bonchev–Trinajstić information content (AvgIpc) is 3.13. The Kier molecular flexibility index (Phi) is 4.40. The lowest BCUT2D eigenvalue weighted by atomic mass is 10.1. The molecule has 2 rings (SSSR count). The highest BCUT2D eigenvalue weighted by Gasteiger charge is 2.31. The number of nitrogens with zero attached hydrogens (tertiary/aromatic N) is 1. The third kappa shape index (κ3) is 3.42. The number of carbonyl (C=O) groups is 1. The van der Waals surface area contributed by atoms with Crippen LogP contribution >= 0.6 is 0 Å². The summed E-state index contributed by atoms with van der Waals surface area (Å²) in [5.74, 6) is 0.132. The van der Waals surface area contributed by atoms with Crippen molar-refractivity contribution in [2.24, 2.45) is 0 Å². The molecular weight excluding hydrogens is 216 g/mol. The topological polar surface area (TPSA) is 52.6 Å². The zero-order chi connectivity index (χ0) is 12.3. The quantitative estimate of drug-likeness (QED) is 0.767. The van der Waals surface area contributed by atoms with Gasteiger partial charge in [-0.25, -0.2) is 0 Å². The van der Waals surface area contributed by atoms with Gasteiger partial charge >= 0.3 is 0 Å². The molecule has 1 amide bonds. The van der Waals surface area contributed by atoms with Crippen LogP contribution < -0.4 is 5.32 Å². The number of carbonyl (C=O) groups excluding carboxylic acids is 1. The molecule has 0 aromatic heterocycles. The molecule has 98 valence electrons. The van der Waals surface area contributed by atoms with Gasteiger partial charge in [-0.2, -0.15) is 0 Å². The fraction of sp³-hybridized carbons (Fsp3) is 0.923. The molecule has 2 unspecified atom stereocenters. The van der Waals surface area contributed by atoms with Gasteiger partial charge in [0.1, 0.15) is 0 Å². The SMILES string of the molecule is CC(C(=O)NC1CC1)N1CCCCCC1CO. The van der Waals surface area contributed by atoms with Crippen LogP contribution in [0.4, 0.5) is 0 Å². The van der Waals surface area contributed by atoms with Crippen molar-refractivity contribution in [1.82, 2.24) is 10.2 Å². The van der Waals surface area contributed by atoms with Crippen molar-refractivity contribution in [3.63, 3.8) is 0 Å². The second kappa shape index (κ2) is 5.83. The normalized spacial score (nSPS) is 28.5. The summed E-state index contributed by atoms with van der Waals surface area (Å²) in [5, 5.41) is 12.5. The summed E-state index contributed by atoms with van der Waals surface area (Å²) in [5.41, 5.74) is 0. The molecule has 0 aromatic carbocycles. The van der Waals surface area contributed by atoms with E-state index in [1.165, 1.54) is 12.8 Å². The van der Waals surface area contributed by atoms with E-state index < -0.39 is 0 Å². The predicted octanol–water partition coefficient (Wildman–Crippen LogP) is 0.890. The molecular formula is C13H24N2O2. The third-order valence-electron chi connectivity index (χ3n) is 3.93. The van der Waals surface area contributed by atoms with Gasteiger partial charge in [-0.3, -0.25) is 9.69 Å². The van der Waals surface area contributed by atoms with E-state index in [9.17, 15) is 9.90 Å². The highest BCUT2D eigenvalue weighted by molar-refractivity contribution is 5.81. The molecule has 2 N–H and O–H groups in total. The first-order valence-electron chi connectivity index (χ1n) is 6.89. The number of hydrogen-bond acceptors (Lipinski definition) is 3. The van der Waals surface area contributed by atoms with Crippen molar-refractivity contribution in [1.29, 1.82) is 0 Å². The first-order chi connectivity index (χ1) is 8.22. The van der Waals surface area contributed by atoms with Crippen molar-refractivity contribution in [3.05, 3.63) is 0 Å². The first kappa shape index (κ1) is 12.8. The summed E-state index contributed by atoms with van der Waals surface area (Å²) in [6.07, 6.45) is 6.78. The van der Waals surface area contributed by atoms with E-state index in [1.54, 1.807) is 0 Å². The van der Waals surface area contributed by atoms with E-state index in [0.717, 1.165) is 32.2 Å². The van der Waals surface area contributed by atoms with Gasteiger partial charge in [0, 0.05) is 12.1 Å². The fourth-order valence-electron chi connectivity index (χ4n) is 2.61. The molecule has 0 radical (unpaired) electrons. The lowest BCUT2D eigenvalue weighted by Gasteiger charge is -2.33. The standard InChI is InChI=1S/C13H24N2O2/c1-10(13(17)14-11-6-7-11)15-8-4-2-3-5-12(15)9-16/h10-12,16H,2-9H2,1H3,(H,14,17). The van der Waals surface area contributed by atoms with Crippen LogP contribution in [-0.4, -0.2) is 47.2 Å². The monoisotopic (exact) mass is 240 g/mol. The largest absolute Gasteiger partial charge is 0.395 e. The molecule has 17 heavy (non-hydrogen) atoms. The molecule has 1 aliphatic heterocycles. The Morgan fingerprint density at radius 2 is 2.12 bits per heavy atom. The Bertz CT molecular complexity index is 266. The number of likely N-dealkylation sites (tertiary alicyclic amines) is 1. The van der Waals surface area contributed by atoms with Crippen molar-refractivity contribution < 1.29 is 9.90 Å². The molecule has 0 bridgehead atoms.